The topological polar surface area (TPSA) is 79.1 Å². The maximum atomic E-state index is 15.3. The molecule has 8 heteroatoms. The minimum atomic E-state index is -0.888. The molecule has 4 atom stereocenters. The van der Waals surface area contributed by atoms with E-state index >= 15 is 4.39 Å². The monoisotopic (exact) mass is 434 g/mol. The van der Waals surface area contributed by atoms with Gasteiger partial charge >= 0.3 is 0 Å². The Morgan fingerprint density at radius 2 is 2.06 bits per heavy atom. The fourth-order valence-corrected chi connectivity index (χ4v) is 5.59. The van der Waals surface area contributed by atoms with Crippen molar-refractivity contribution in [1.82, 2.24) is 25.1 Å². The highest BCUT2D eigenvalue weighted by atomic mass is 19.1. The third-order valence-corrected chi connectivity index (χ3v) is 7.23. The molecule has 1 aromatic carbocycles. The van der Waals surface area contributed by atoms with Crippen LogP contribution in [0.25, 0.3) is 16.9 Å². The van der Waals surface area contributed by atoms with E-state index in [0.717, 1.165) is 62.1 Å². The summed E-state index contributed by atoms with van der Waals surface area (Å²) >= 11 is 0. The number of phenolic OH excluding ortho intramolecular Hbond substituents is 1. The van der Waals surface area contributed by atoms with Crippen LogP contribution in [0.4, 0.5) is 10.2 Å². The number of alkyl halides is 1. The van der Waals surface area contributed by atoms with Gasteiger partial charge in [-0.2, -0.15) is 0 Å². The summed E-state index contributed by atoms with van der Waals surface area (Å²) in [6.45, 7) is 0.816. The maximum absolute atomic E-state index is 15.3. The number of aromatic hydroxyl groups is 1. The highest BCUT2D eigenvalue weighted by Gasteiger charge is 2.45. The molecule has 2 N–H and O–H groups in total. The van der Waals surface area contributed by atoms with Gasteiger partial charge in [0.25, 0.3) is 0 Å². The largest absolute Gasteiger partial charge is 0.507 e. The molecule has 3 aromatic rings. The Kier molecular flexibility index (Phi) is 4.82. The molecule has 2 aromatic heterocycles. The van der Waals surface area contributed by atoms with Gasteiger partial charge in [0.1, 0.15) is 11.9 Å². The molecule has 0 unspecified atom stereocenters. The van der Waals surface area contributed by atoms with Gasteiger partial charge in [0.15, 0.2) is 5.82 Å². The molecular weight excluding hydrogens is 407 g/mol. The second kappa shape index (κ2) is 7.85. The summed E-state index contributed by atoms with van der Waals surface area (Å²) in [6.07, 6.45) is 10.1. The van der Waals surface area contributed by atoms with E-state index in [0.29, 0.717) is 17.3 Å². The number of halogens is 1. The summed E-state index contributed by atoms with van der Waals surface area (Å²) in [5, 5.41) is 23.2. The van der Waals surface area contributed by atoms with Crippen LogP contribution < -0.4 is 10.2 Å². The lowest BCUT2D eigenvalue weighted by molar-refractivity contribution is 0.172. The number of nitrogens with one attached hydrogen (secondary N) is 1. The normalized spacial score (nSPS) is 27.2. The van der Waals surface area contributed by atoms with Gasteiger partial charge in [-0.1, -0.05) is 0 Å². The molecule has 0 spiro atoms. The fraction of sp³-hybridized carbons (Fsp3) is 0.458. The number of phenols is 1. The van der Waals surface area contributed by atoms with Crippen LogP contribution in [0.1, 0.15) is 37.7 Å². The Morgan fingerprint density at radius 1 is 1.12 bits per heavy atom. The number of rotatable bonds is 3. The first-order chi connectivity index (χ1) is 15.7. The second-order valence-electron chi connectivity index (χ2n) is 9.20. The van der Waals surface area contributed by atoms with E-state index in [-0.39, 0.29) is 17.8 Å². The van der Waals surface area contributed by atoms with Gasteiger partial charge < -0.3 is 19.9 Å². The molecule has 2 bridgehead atoms. The number of fused-ring (bicyclic) bond motifs is 3. The molecule has 5 heterocycles. The Morgan fingerprint density at radius 3 is 2.91 bits per heavy atom. The minimum absolute atomic E-state index is 0.0383. The number of benzene rings is 1. The van der Waals surface area contributed by atoms with Crippen LogP contribution in [0, 0.1) is 0 Å². The lowest BCUT2D eigenvalue weighted by Crippen LogP contribution is -2.57. The molecule has 3 aliphatic rings. The lowest BCUT2D eigenvalue weighted by Gasteiger charge is -2.40. The molecule has 3 aliphatic heterocycles. The van der Waals surface area contributed by atoms with E-state index in [9.17, 15) is 5.11 Å². The van der Waals surface area contributed by atoms with Crippen molar-refractivity contribution in [2.24, 2.45) is 0 Å². The van der Waals surface area contributed by atoms with E-state index in [1.165, 1.54) is 0 Å². The van der Waals surface area contributed by atoms with Crippen molar-refractivity contribution in [2.75, 3.05) is 11.4 Å². The van der Waals surface area contributed by atoms with E-state index in [4.69, 9.17) is 0 Å². The predicted molar refractivity (Wildman–Crippen MR) is 120 cm³/mol. The Balaban J connectivity index is 1.33. The van der Waals surface area contributed by atoms with Crippen LogP contribution in [-0.4, -0.2) is 55.7 Å². The van der Waals surface area contributed by atoms with Crippen LogP contribution in [0.5, 0.6) is 5.75 Å². The number of hydrogen-bond acceptors (Lipinski definition) is 6. The first-order valence-electron chi connectivity index (χ1n) is 11.5. The van der Waals surface area contributed by atoms with Crippen LogP contribution >= 0.6 is 0 Å². The van der Waals surface area contributed by atoms with E-state index in [1.807, 2.05) is 29.0 Å². The number of piperidine rings is 1. The molecule has 6 rings (SSSR count). The number of anilines is 1. The maximum Gasteiger partial charge on any atom is 0.154 e. The van der Waals surface area contributed by atoms with Crippen molar-refractivity contribution >= 4 is 5.82 Å². The van der Waals surface area contributed by atoms with Crippen molar-refractivity contribution < 1.29 is 9.50 Å². The number of hydrogen-bond donors (Lipinski definition) is 2. The molecule has 0 aliphatic carbocycles. The van der Waals surface area contributed by atoms with E-state index < -0.39 is 6.17 Å². The minimum Gasteiger partial charge on any atom is -0.507 e. The van der Waals surface area contributed by atoms with Crippen molar-refractivity contribution in [3.8, 4) is 22.7 Å². The average Bonchev–Trinajstić information content (AvgIpc) is 3.43. The molecule has 7 nitrogen and oxygen atoms in total. The van der Waals surface area contributed by atoms with Gasteiger partial charge in [0, 0.05) is 42.7 Å². The predicted octanol–water partition coefficient (Wildman–Crippen LogP) is 3.41. The van der Waals surface area contributed by atoms with Gasteiger partial charge in [0.2, 0.25) is 0 Å². The Bertz CT molecular complexity index is 1120. The van der Waals surface area contributed by atoms with Gasteiger partial charge in [0.05, 0.1) is 23.8 Å². The molecule has 166 valence electrons. The summed E-state index contributed by atoms with van der Waals surface area (Å²) in [5.74, 6) is 0.962. The van der Waals surface area contributed by atoms with Gasteiger partial charge in [-0.05, 0) is 62.3 Å². The zero-order valence-corrected chi connectivity index (χ0v) is 17.9. The smallest absolute Gasteiger partial charge is 0.154 e. The average molecular weight is 435 g/mol. The van der Waals surface area contributed by atoms with Crippen LogP contribution in [0.15, 0.2) is 43.0 Å². The van der Waals surface area contributed by atoms with Crippen molar-refractivity contribution in [3.63, 3.8) is 0 Å². The molecule has 2 fully saturated rings. The van der Waals surface area contributed by atoms with Crippen LogP contribution in [-0.2, 0) is 6.42 Å². The highest BCUT2D eigenvalue weighted by molar-refractivity contribution is 5.70. The van der Waals surface area contributed by atoms with Crippen LogP contribution in [0.3, 0.4) is 0 Å². The summed E-state index contributed by atoms with van der Waals surface area (Å²) in [4.78, 5) is 6.23. The van der Waals surface area contributed by atoms with Gasteiger partial charge in [-0.25, -0.2) is 9.37 Å². The van der Waals surface area contributed by atoms with E-state index in [1.54, 1.807) is 18.6 Å². The molecule has 0 amide bonds. The van der Waals surface area contributed by atoms with Crippen molar-refractivity contribution in [2.45, 2.75) is 62.8 Å². The third kappa shape index (κ3) is 3.33. The molecule has 0 saturated carbocycles. The lowest BCUT2D eigenvalue weighted by atomic mass is 9.95. The summed E-state index contributed by atoms with van der Waals surface area (Å²) in [7, 11) is 0. The SMILES string of the molecule is Oc1cc(-n2ccnc2)ccc1-c1cc2c(nn1)N([C@H]1C[C@@H]3CC[C@@H](N3)[C@H]1F)CCCC2. The molecule has 0 radical (unpaired) electrons. The number of aromatic nitrogens is 4. The quantitative estimate of drug-likeness (QED) is 0.658. The zero-order valence-electron chi connectivity index (χ0n) is 17.9. The van der Waals surface area contributed by atoms with E-state index in [2.05, 4.69) is 25.4 Å². The first kappa shape index (κ1) is 19.7. The third-order valence-electron chi connectivity index (χ3n) is 7.23. The molecule has 2 saturated heterocycles. The van der Waals surface area contributed by atoms with Crippen molar-refractivity contribution in [1.29, 1.82) is 0 Å². The highest BCUT2D eigenvalue weighted by Crippen LogP contribution is 2.38. The number of nitrogens with zero attached hydrogens (tertiary/aromatic N) is 5. The fourth-order valence-electron chi connectivity index (χ4n) is 5.59. The molecular formula is C24H27FN6O. The van der Waals surface area contributed by atoms with Gasteiger partial charge in [-0.3, -0.25) is 0 Å². The summed E-state index contributed by atoms with van der Waals surface area (Å²) < 4.78 is 17.1. The number of imidazole rings is 1. The van der Waals surface area contributed by atoms with Crippen LogP contribution in [0.2, 0.25) is 0 Å². The standard InChI is InChI=1S/C24H27FN6O/c25-23-19-7-4-16(27-19)12-21(23)31-9-2-1-3-15-11-20(28-29-24(15)31)18-6-5-17(13-22(18)32)30-10-8-26-14-30/h5-6,8,10-11,13-14,16,19,21,23,27,32H,1-4,7,9,12H2/t16-,19+,21-,23+/m0/s1. The summed E-state index contributed by atoms with van der Waals surface area (Å²) in [6, 6.07) is 7.73. The Labute approximate surface area is 186 Å². The summed E-state index contributed by atoms with van der Waals surface area (Å²) in [5.41, 5.74) is 3.20. The second-order valence-corrected chi connectivity index (χ2v) is 9.20. The first-order valence-corrected chi connectivity index (χ1v) is 11.5. The zero-order chi connectivity index (χ0) is 21.7. The van der Waals surface area contributed by atoms with Crippen molar-refractivity contribution in [3.05, 3.63) is 48.5 Å². The Hall–Kier alpha value is -3.00. The molecule has 32 heavy (non-hydrogen) atoms. The number of aryl methyl sites for hydroxylation is 1. The van der Waals surface area contributed by atoms with Gasteiger partial charge in [-0.15, -0.1) is 10.2 Å².